The number of nitrogens with one attached hydrogen (secondary N) is 1. The quantitative estimate of drug-likeness (QED) is 0.813. The van der Waals surface area contributed by atoms with Crippen molar-refractivity contribution in [2.45, 2.75) is 13.0 Å². The lowest BCUT2D eigenvalue weighted by molar-refractivity contribution is 0.0940. The average Bonchev–Trinajstić information content (AvgIpc) is 2.37. The number of rotatable bonds is 3. The standard InChI is InChI=1S/C15H14BrClN2O/c1-9(10-3-2-4-13(17)6-10)19-15(20)11-5-12(16)8-14(18)7-11/h2-9H,18H2,1H3,(H,19,20)/t9-/m1/s1. The van der Waals surface area contributed by atoms with E-state index in [1.54, 1.807) is 24.3 Å². The Hall–Kier alpha value is -1.52. The highest BCUT2D eigenvalue weighted by Crippen LogP contribution is 2.20. The van der Waals surface area contributed by atoms with Crippen molar-refractivity contribution >= 4 is 39.1 Å². The second-order valence-electron chi connectivity index (χ2n) is 4.52. The van der Waals surface area contributed by atoms with Crippen LogP contribution >= 0.6 is 27.5 Å². The Balaban J connectivity index is 2.15. The lowest BCUT2D eigenvalue weighted by Gasteiger charge is -2.15. The van der Waals surface area contributed by atoms with E-state index in [2.05, 4.69) is 21.2 Å². The number of amides is 1. The Kier molecular flexibility index (Phi) is 4.68. The highest BCUT2D eigenvalue weighted by molar-refractivity contribution is 9.10. The van der Waals surface area contributed by atoms with Gasteiger partial charge in [0.1, 0.15) is 0 Å². The first-order valence-corrected chi connectivity index (χ1v) is 7.25. The topological polar surface area (TPSA) is 55.1 Å². The molecule has 0 spiro atoms. The van der Waals surface area contributed by atoms with Crippen LogP contribution in [0, 0.1) is 0 Å². The first-order valence-electron chi connectivity index (χ1n) is 6.08. The van der Waals surface area contributed by atoms with Crippen molar-refractivity contribution in [2.24, 2.45) is 0 Å². The molecule has 0 unspecified atom stereocenters. The zero-order valence-electron chi connectivity index (χ0n) is 10.9. The third-order valence-electron chi connectivity index (χ3n) is 2.88. The Morgan fingerprint density at radius 3 is 2.70 bits per heavy atom. The smallest absolute Gasteiger partial charge is 0.251 e. The molecule has 0 aliphatic carbocycles. The number of benzene rings is 2. The number of halogens is 2. The van der Waals surface area contributed by atoms with E-state index in [-0.39, 0.29) is 11.9 Å². The number of carbonyl (C=O) groups is 1. The molecular weight excluding hydrogens is 340 g/mol. The van der Waals surface area contributed by atoms with Crippen molar-refractivity contribution in [3.8, 4) is 0 Å². The minimum atomic E-state index is -0.175. The van der Waals surface area contributed by atoms with Gasteiger partial charge in [0.15, 0.2) is 0 Å². The molecule has 2 aromatic rings. The van der Waals surface area contributed by atoms with Gasteiger partial charge in [-0.2, -0.15) is 0 Å². The van der Waals surface area contributed by atoms with Gasteiger partial charge >= 0.3 is 0 Å². The molecule has 0 aliphatic rings. The van der Waals surface area contributed by atoms with Gasteiger partial charge in [-0.05, 0) is 42.8 Å². The van der Waals surface area contributed by atoms with Crippen LogP contribution < -0.4 is 11.1 Å². The van der Waals surface area contributed by atoms with Gasteiger partial charge in [-0.15, -0.1) is 0 Å². The number of carbonyl (C=O) groups excluding carboxylic acids is 1. The summed E-state index contributed by atoms with van der Waals surface area (Å²) >= 11 is 9.27. The molecule has 0 saturated heterocycles. The maximum absolute atomic E-state index is 12.2. The molecule has 0 saturated carbocycles. The van der Waals surface area contributed by atoms with Gasteiger partial charge in [0, 0.05) is 20.7 Å². The Morgan fingerprint density at radius 1 is 1.30 bits per heavy atom. The fourth-order valence-corrected chi connectivity index (χ4v) is 2.59. The average molecular weight is 354 g/mol. The molecule has 5 heteroatoms. The summed E-state index contributed by atoms with van der Waals surface area (Å²) in [6.07, 6.45) is 0. The van der Waals surface area contributed by atoms with E-state index in [0.29, 0.717) is 16.3 Å². The van der Waals surface area contributed by atoms with E-state index in [1.807, 2.05) is 25.1 Å². The molecule has 2 rings (SSSR count). The SMILES string of the molecule is C[C@@H](NC(=O)c1cc(N)cc(Br)c1)c1cccc(Cl)c1. The number of anilines is 1. The van der Waals surface area contributed by atoms with Gasteiger partial charge in [-0.1, -0.05) is 39.7 Å². The predicted molar refractivity (Wildman–Crippen MR) is 85.9 cm³/mol. The summed E-state index contributed by atoms with van der Waals surface area (Å²) in [6.45, 7) is 1.91. The minimum absolute atomic E-state index is 0.138. The van der Waals surface area contributed by atoms with Crippen molar-refractivity contribution in [3.05, 3.63) is 63.1 Å². The van der Waals surface area contributed by atoms with Crippen molar-refractivity contribution in [3.63, 3.8) is 0 Å². The number of nitrogens with two attached hydrogens (primary N) is 1. The molecule has 1 atom stereocenters. The highest BCUT2D eigenvalue weighted by atomic mass is 79.9. The van der Waals surface area contributed by atoms with Gasteiger partial charge in [0.25, 0.3) is 5.91 Å². The molecule has 0 radical (unpaired) electrons. The van der Waals surface area contributed by atoms with E-state index >= 15 is 0 Å². The van der Waals surface area contributed by atoms with Crippen LogP contribution in [0.25, 0.3) is 0 Å². The van der Waals surface area contributed by atoms with Crippen molar-refractivity contribution < 1.29 is 4.79 Å². The van der Waals surface area contributed by atoms with Crippen molar-refractivity contribution in [1.29, 1.82) is 0 Å². The Labute approximate surface area is 131 Å². The van der Waals surface area contributed by atoms with E-state index in [0.717, 1.165) is 10.0 Å². The van der Waals surface area contributed by atoms with Gasteiger partial charge in [0.2, 0.25) is 0 Å². The Bertz CT molecular complexity index is 625. The monoisotopic (exact) mass is 352 g/mol. The fraction of sp³-hybridized carbons (Fsp3) is 0.133. The van der Waals surface area contributed by atoms with Gasteiger partial charge in [0.05, 0.1) is 6.04 Å². The largest absolute Gasteiger partial charge is 0.399 e. The first kappa shape index (κ1) is 14.9. The summed E-state index contributed by atoms with van der Waals surface area (Å²) in [6, 6.07) is 12.4. The second kappa shape index (κ2) is 6.29. The summed E-state index contributed by atoms with van der Waals surface area (Å²) in [5.41, 5.74) is 7.74. The summed E-state index contributed by atoms with van der Waals surface area (Å²) < 4.78 is 0.776. The van der Waals surface area contributed by atoms with E-state index in [9.17, 15) is 4.79 Å². The van der Waals surface area contributed by atoms with Crippen molar-refractivity contribution in [1.82, 2.24) is 5.32 Å². The molecule has 2 aromatic carbocycles. The first-order chi connectivity index (χ1) is 9.45. The van der Waals surface area contributed by atoms with E-state index in [1.165, 1.54) is 0 Å². The number of nitrogen functional groups attached to an aromatic ring is 1. The predicted octanol–water partition coefficient (Wildman–Crippen LogP) is 4.18. The van der Waals surface area contributed by atoms with E-state index in [4.69, 9.17) is 17.3 Å². The third-order valence-corrected chi connectivity index (χ3v) is 3.57. The molecule has 0 bridgehead atoms. The third kappa shape index (κ3) is 3.74. The summed E-state index contributed by atoms with van der Waals surface area (Å²) in [4.78, 5) is 12.2. The van der Waals surface area contributed by atoms with Crippen LogP contribution in [0.5, 0.6) is 0 Å². The van der Waals surface area contributed by atoms with Crippen LogP contribution in [-0.4, -0.2) is 5.91 Å². The van der Waals surface area contributed by atoms with Crippen LogP contribution in [0.4, 0.5) is 5.69 Å². The van der Waals surface area contributed by atoms with Crippen LogP contribution in [0.1, 0.15) is 28.9 Å². The minimum Gasteiger partial charge on any atom is -0.399 e. The second-order valence-corrected chi connectivity index (χ2v) is 5.88. The fourth-order valence-electron chi connectivity index (χ4n) is 1.88. The van der Waals surface area contributed by atoms with E-state index < -0.39 is 0 Å². The maximum atomic E-state index is 12.2. The molecule has 3 N–H and O–H groups in total. The Morgan fingerprint density at radius 2 is 2.05 bits per heavy atom. The molecule has 1 amide bonds. The number of hydrogen-bond acceptors (Lipinski definition) is 2. The molecule has 20 heavy (non-hydrogen) atoms. The molecule has 104 valence electrons. The van der Waals surface area contributed by atoms with Crippen LogP contribution in [-0.2, 0) is 0 Å². The van der Waals surface area contributed by atoms with Crippen LogP contribution in [0.2, 0.25) is 5.02 Å². The summed E-state index contributed by atoms with van der Waals surface area (Å²) in [5.74, 6) is -0.175. The maximum Gasteiger partial charge on any atom is 0.251 e. The normalized spacial score (nSPS) is 11.9. The van der Waals surface area contributed by atoms with Gasteiger partial charge in [-0.25, -0.2) is 0 Å². The molecule has 0 aromatic heterocycles. The van der Waals surface area contributed by atoms with Crippen LogP contribution in [0.15, 0.2) is 46.9 Å². The molecule has 0 heterocycles. The highest BCUT2D eigenvalue weighted by Gasteiger charge is 2.12. The van der Waals surface area contributed by atoms with Gasteiger partial charge in [-0.3, -0.25) is 4.79 Å². The van der Waals surface area contributed by atoms with Crippen LogP contribution in [0.3, 0.4) is 0 Å². The number of hydrogen-bond donors (Lipinski definition) is 2. The molecular formula is C15H14BrClN2O. The molecule has 0 aliphatic heterocycles. The summed E-state index contributed by atoms with van der Waals surface area (Å²) in [7, 11) is 0. The lowest BCUT2D eigenvalue weighted by Crippen LogP contribution is -2.26. The lowest BCUT2D eigenvalue weighted by atomic mass is 10.1. The van der Waals surface area contributed by atoms with Gasteiger partial charge < -0.3 is 11.1 Å². The van der Waals surface area contributed by atoms with Crippen molar-refractivity contribution in [2.75, 3.05) is 5.73 Å². The molecule has 0 fully saturated rings. The molecule has 3 nitrogen and oxygen atoms in total. The summed E-state index contributed by atoms with van der Waals surface area (Å²) in [5, 5.41) is 3.57. The zero-order chi connectivity index (χ0) is 14.7. The zero-order valence-corrected chi connectivity index (χ0v) is 13.2.